The van der Waals surface area contributed by atoms with Crippen LogP contribution in [0.1, 0.15) is 34.0 Å². The van der Waals surface area contributed by atoms with Gasteiger partial charge in [-0.05, 0) is 68.7 Å². The van der Waals surface area contributed by atoms with Gasteiger partial charge in [0.25, 0.3) is 5.91 Å². The molecular weight excluding hydrogens is 380 g/mol. The maximum absolute atomic E-state index is 12.8. The molecule has 1 heterocycles. The Morgan fingerprint density at radius 3 is 2.67 bits per heavy atom. The molecular formula is C21H23ClN2O2S. The molecule has 142 valence electrons. The van der Waals surface area contributed by atoms with E-state index in [1.807, 2.05) is 62.6 Å². The second-order valence-corrected chi connectivity index (χ2v) is 7.88. The van der Waals surface area contributed by atoms with Crippen LogP contribution in [0.4, 0.5) is 0 Å². The van der Waals surface area contributed by atoms with E-state index in [-0.39, 0.29) is 5.91 Å². The predicted octanol–water partition coefficient (Wildman–Crippen LogP) is 5.06. The second kappa shape index (κ2) is 8.38. The summed E-state index contributed by atoms with van der Waals surface area (Å²) in [7, 11) is 0. The maximum atomic E-state index is 12.8. The Hall–Kier alpha value is -1.95. The van der Waals surface area contributed by atoms with Gasteiger partial charge >= 0.3 is 0 Å². The highest BCUT2D eigenvalue weighted by atomic mass is 35.5. The third kappa shape index (κ3) is 4.15. The first-order chi connectivity index (χ1) is 12.9. The summed E-state index contributed by atoms with van der Waals surface area (Å²) in [6.45, 7) is 9.81. The van der Waals surface area contributed by atoms with E-state index in [0.717, 1.165) is 26.9 Å². The average molecular weight is 403 g/mol. The standard InChI is InChI=1S/C21H23ClN2O2S/c1-5-26-11-10-24-19-15(4)17(22)8-9-18(19)27-21(24)23-20(25)16-7-6-13(2)14(3)12-16/h6-9,12H,5,10-11H2,1-4H3. The van der Waals surface area contributed by atoms with Gasteiger partial charge < -0.3 is 9.30 Å². The maximum Gasteiger partial charge on any atom is 0.279 e. The summed E-state index contributed by atoms with van der Waals surface area (Å²) in [6.07, 6.45) is 0. The Balaban J connectivity index is 2.12. The van der Waals surface area contributed by atoms with Crippen LogP contribution in [0.5, 0.6) is 0 Å². The van der Waals surface area contributed by atoms with Crippen molar-refractivity contribution in [2.45, 2.75) is 34.2 Å². The highest BCUT2D eigenvalue weighted by Gasteiger charge is 2.13. The molecule has 6 heteroatoms. The molecule has 3 aromatic rings. The van der Waals surface area contributed by atoms with Crippen LogP contribution in [-0.4, -0.2) is 23.7 Å². The van der Waals surface area contributed by atoms with E-state index in [0.29, 0.717) is 35.1 Å². The van der Waals surface area contributed by atoms with Gasteiger partial charge in [0, 0.05) is 23.7 Å². The molecule has 0 aliphatic heterocycles. The number of halogens is 1. The lowest BCUT2D eigenvalue weighted by Crippen LogP contribution is -2.20. The van der Waals surface area contributed by atoms with Crippen LogP contribution in [0.25, 0.3) is 10.2 Å². The van der Waals surface area contributed by atoms with Crippen molar-refractivity contribution in [1.82, 2.24) is 4.57 Å². The summed E-state index contributed by atoms with van der Waals surface area (Å²) in [5.41, 5.74) is 4.84. The molecule has 0 unspecified atom stereocenters. The van der Waals surface area contributed by atoms with Gasteiger partial charge in [-0.25, -0.2) is 0 Å². The number of carbonyl (C=O) groups is 1. The Morgan fingerprint density at radius 2 is 1.96 bits per heavy atom. The topological polar surface area (TPSA) is 43.6 Å². The number of amides is 1. The van der Waals surface area contributed by atoms with Crippen LogP contribution in [0, 0.1) is 20.8 Å². The Morgan fingerprint density at radius 1 is 1.19 bits per heavy atom. The van der Waals surface area contributed by atoms with Gasteiger partial charge in [-0.1, -0.05) is 29.0 Å². The summed E-state index contributed by atoms with van der Waals surface area (Å²) in [5.74, 6) is -0.237. The normalized spacial score (nSPS) is 12.1. The predicted molar refractivity (Wildman–Crippen MR) is 112 cm³/mol. The number of hydrogen-bond acceptors (Lipinski definition) is 3. The lowest BCUT2D eigenvalue weighted by molar-refractivity contribution is 0.0996. The fourth-order valence-corrected chi connectivity index (χ4v) is 4.20. The van der Waals surface area contributed by atoms with Crippen LogP contribution in [0.3, 0.4) is 0 Å². The largest absolute Gasteiger partial charge is 0.380 e. The molecule has 2 aromatic carbocycles. The molecule has 0 aliphatic rings. The van der Waals surface area contributed by atoms with Gasteiger partial charge in [-0.3, -0.25) is 4.79 Å². The first-order valence-electron chi connectivity index (χ1n) is 8.95. The highest BCUT2D eigenvalue weighted by molar-refractivity contribution is 7.16. The molecule has 1 amide bonds. The molecule has 4 nitrogen and oxygen atoms in total. The summed E-state index contributed by atoms with van der Waals surface area (Å²) in [6, 6.07) is 9.54. The molecule has 0 fully saturated rings. The molecule has 27 heavy (non-hydrogen) atoms. The number of benzene rings is 2. The fourth-order valence-electron chi connectivity index (χ4n) is 2.93. The first kappa shape index (κ1) is 19.8. The van der Waals surface area contributed by atoms with Crippen LogP contribution in [0.2, 0.25) is 5.02 Å². The molecule has 0 spiro atoms. The molecule has 1 aromatic heterocycles. The minimum Gasteiger partial charge on any atom is -0.380 e. The summed E-state index contributed by atoms with van der Waals surface area (Å²) < 4.78 is 8.62. The number of carbonyl (C=O) groups excluding carboxylic acids is 1. The van der Waals surface area contributed by atoms with E-state index < -0.39 is 0 Å². The Bertz CT molecular complexity index is 1070. The summed E-state index contributed by atoms with van der Waals surface area (Å²) in [5, 5.41) is 0.706. The molecule has 0 saturated carbocycles. The van der Waals surface area contributed by atoms with E-state index in [9.17, 15) is 4.79 Å². The second-order valence-electron chi connectivity index (χ2n) is 6.47. The number of aryl methyl sites for hydroxylation is 3. The Labute approximate surface area is 168 Å². The third-order valence-corrected chi connectivity index (χ3v) is 6.10. The van der Waals surface area contributed by atoms with Gasteiger partial charge in [-0.15, -0.1) is 0 Å². The average Bonchev–Trinajstić information content (AvgIpc) is 2.99. The zero-order valence-electron chi connectivity index (χ0n) is 16.0. The van der Waals surface area contributed by atoms with E-state index in [2.05, 4.69) is 4.99 Å². The van der Waals surface area contributed by atoms with Crippen molar-refractivity contribution in [2.75, 3.05) is 13.2 Å². The molecule has 0 saturated heterocycles. The van der Waals surface area contributed by atoms with Crippen molar-refractivity contribution in [1.29, 1.82) is 0 Å². The zero-order chi connectivity index (χ0) is 19.6. The number of nitrogens with zero attached hydrogens (tertiary/aromatic N) is 2. The van der Waals surface area contributed by atoms with E-state index in [1.54, 1.807) is 0 Å². The van der Waals surface area contributed by atoms with Gasteiger partial charge in [-0.2, -0.15) is 4.99 Å². The molecule has 0 atom stereocenters. The van der Waals surface area contributed by atoms with E-state index in [4.69, 9.17) is 16.3 Å². The number of ether oxygens (including phenoxy) is 1. The minimum atomic E-state index is -0.237. The fraction of sp³-hybridized carbons (Fsp3) is 0.333. The molecule has 0 N–H and O–H groups in total. The van der Waals surface area contributed by atoms with Crippen LogP contribution in [0.15, 0.2) is 35.3 Å². The van der Waals surface area contributed by atoms with E-state index >= 15 is 0 Å². The number of thiazole rings is 1. The van der Waals surface area contributed by atoms with Crippen LogP contribution >= 0.6 is 22.9 Å². The van der Waals surface area contributed by atoms with E-state index in [1.165, 1.54) is 11.3 Å². The van der Waals surface area contributed by atoms with Crippen molar-refractivity contribution in [3.05, 3.63) is 62.4 Å². The molecule has 0 aliphatic carbocycles. The number of aromatic nitrogens is 1. The lowest BCUT2D eigenvalue weighted by Gasteiger charge is -2.08. The van der Waals surface area contributed by atoms with Gasteiger partial charge in [0.05, 0.1) is 16.8 Å². The van der Waals surface area contributed by atoms with Gasteiger partial charge in [0.15, 0.2) is 4.80 Å². The SMILES string of the molecule is CCOCCn1c(=NC(=O)c2ccc(C)c(C)c2)sc2ccc(Cl)c(C)c21. The van der Waals surface area contributed by atoms with Crippen molar-refractivity contribution in [2.24, 2.45) is 4.99 Å². The van der Waals surface area contributed by atoms with Crippen molar-refractivity contribution in [3.63, 3.8) is 0 Å². The molecule has 0 bridgehead atoms. The smallest absolute Gasteiger partial charge is 0.279 e. The monoisotopic (exact) mass is 402 g/mol. The number of hydrogen-bond donors (Lipinski definition) is 0. The number of fused-ring (bicyclic) bond motifs is 1. The quantitative estimate of drug-likeness (QED) is 0.560. The van der Waals surface area contributed by atoms with Gasteiger partial charge in [0.2, 0.25) is 0 Å². The summed E-state index contributed by atoms with van der Waals surface area (Å²) in [4.78, 5) is 17.9. The van der Waals surface area contributed by atoms with Gasteiger partial charge in [0.1, 0.15) is 0 Å². The van der Waals surface area contributed by atoms with Crippen LogP contribution < -0.4 is 4.80 Å². The minimum absolute atomic E-state index is 0.237. The Kier molecular flexibility index (Phi) is 6.15. The molecule has 0 radical (unpaired) electrons. The number of rotatable bonds is 5. The summed E-state index contributed by atoms with van der Waals surface area (Å²) >= 11 is 7.82. The van der Waals surface area contributed by atoms with Crippen molar-refractivity contribution in [3.8, 4) is 0 Å². The third-order valence-electron chi connectivity index (χ3n) is 4.64. The lowest BCUT2D eigenvalue weighted by atomic mass is 10.1. The van der Waals surface area contributed by atoms with Crippen LogP contribution in [-0.2, 0) is 11.3 Å². The van der Waals surface area contributed by atoms with Crippen molar-refractivity contribution >= 4 is 39.1 Å². The highest BCUT2D eigenvalue weighted by Crippen LogP contribution is 2.27. The molecule has 3 rings (SSSR count). The first-order valence-corrected chi connectivity index (χ1v) is 10.1. The van der Waals surface area contributed by atoms with Crippen molar-refractivity contribution < 1.29 is 9.53 Å². The zero-order valence-corrected chi connectivity index (χ0v) is 17.6.